The molecule has 1 amide bonds. The van der Waals surface area contributed by atoms with Crippen LogP contribution >= 0.6 is 0 Å². The summed E-state index contributed by atoms with van der Waals surface area (Å²) in [5.41, 5.74) is 0.708. The Bertz CT molecular complexity index is 777. The van der Waals surface area contributed by atoms with Gasteiger partial charge in [0, 0.05) is 13.1 Å². The van der Waals surface area contributed by atoms with E-state index in [0.29, 0.717) is 37.3 Å². The summed E-state index contributed by atoms with van der Waals surface area (Å²) in [4.78, 5) is 23.9. The number of amides is 1. The monoisotopic (exact) mass is 394 g/mol. The predicted octanol–water partition coefficient (Wildman–Crippen LogP) is 1.60. The van der Waals surface area contributed by atoms with Gasteiger partial charge in [-0.15, -0.1) is 0 Å². The maximum absolute atomic E-state index is 12.7. The average Bonchev–Trinajstić information content (AvgIpc) is 3.46. The van der Waals surface area contributed by atoms with Gasteiger partial charge in [0.15, 0.2) is 0 Å². The van der Waals surface area contributed by atoms with Crippen LogP contribution in [0.1, 0.15) is 37.7 Å². The van der Waals surface area contributed by atoms with E-state index < -0.39 is 28.0 Å². The molecule has 0 bridgehead atoms. The Morgan fingerprint density at radius 2 is 1.89 bits per heavy atom. The number of carboxylic acid groups (broad SMARTS) is 1. The number of sulfonamides is 1. The van der Waals surface area contributed by atoms with Gasteiger partial charge in [0.2, 0.25) is 15.9 Å². The van der Waals surface area contributed by atoms with Gasteiger partial charge in [0.25, 0.3) is 0 Å². The van der Waals surface area contributed by atoms with Crippen LogP contribution in [0, 0.1) is 11.8 Å². The normalized spacial score (nSPS) is 22.1. The number of nitrogens with zero attached hydrogens (tertiary/aromatic N) is 1. The Hall–Kier alpha value is -1.93. The molecule has 1 saturated carbocycles. The highest BCUT2D eigenvalue weighted by Gasteiger charge is 2.35. The van der Waals surface area contributed by atoms with Crippen molar-refractivity contribution in [2.75, 3.05) is 13.1 Å². The minimum absolute atomic E-state index is 0.0956. The molecule has 0 aromatic heterocycles. The smallest absolute Gasteiger partial charge is 0.326 e. The van der Waals surface area contributed by atoms with E-state index in [9.17, 15) is 23.1 Å². The van der Waals surface area contributed by atoms with E-state index in [0.717, 1.165) is 12.8 Å². The molecule has 7 nitrogen and oxygen atoms in total. The summed E-state index contributed by atoms with van der Waals surface area (Å²) in [5.74, 6) is -1.62. The number of carbonyl (C=O) groups is 2. The van der Waals surface area contributed by atoms with Crippen LogP contribution in [0.4, 0.5) is 0 Å². The Balaban J connectivity index is 1.60. The summed E-state index contributed by atoms with van der Waals surface area (Å²) in [7, 11) is -3.52. The topological polar surface area (TPSA) is 104 Å². The van der Waals surface area contributed by atoms with Crippen molar-refractivity contribution in [2.45, 2.75) is 43.9 Å². The predicted molar refractivity (Wildman–Crippen MR) is 100 cm³/mol. The third kappa shape index (κ3) is 5.52. The van der Waals surface area contributed by atoms with Gasteiger partial charge < -0.3 is 10.4 Å². The van der Waals surface area contributed by atoms with E-state index in [1.807, 2.05) is 6.07 Å². The number of piperidine rings is 1. The van der Waals surface area contributed by atoms with E-state index in [4.69, 9.17) is 0 Å². The second kappa shape index (κ2) is 8.39. The van der Waals surface area contributed by atoms with Crippen molar-refractivity contribution in [1.82, 2.24) is 9.62 Å². The summed E-state index contributed by atoms with van der Waals surface area (Å²) in [6.45, 7) is 0.500. The van der Waals surface area contributed by atoms with E-state index in [1.54, 1.807) is 24.3 Å². The third-order valence-corrected chi connectivity index (χ3v) is 7.04. The lowest BCUT2D eigenvalue weighted by atomic mass is 9.98. The van der Waals surface area contributed by atoms with Crippen molar-refractivity contribution in [3.63, 3.8) is 0 Å². The number of hydrogen-bond acceptors (Lipinski definition) is 4. The van der Waals surface area contributed by atoms with Gasteiger partial charge in [-0.2, -0.15) is 0 Å². The van der Waals surface area contributed by atoms with Gasteiger partial charge >= 0.3 is 5.97 Å². The summed E-state index contributed by atoms with van der Waals surface area (Å²) < 4.78 is 26.8. The van der Waals surface area contributed by atoms with Gasteiger partial charge in [-0.3, -0.25) is 4.79 Å². The van der Waals surface area contributed by atoms with Crippen molar-refractivity contribution in [3.8, 4) is 0 Å². The number of rotatable bonds is 8. The van der Waals surface area contributed by atoms with Crippen LogP contribution in [-0.4, -0.2) is 48.8 Å². The van der Waals surface area contributed by atoms with Crippen molar-refractivity contribution >= 4 is 21.9 Å². The van der Waals surface area contributed by atoms with Crippen LogP contribution < -0.4 is 5.32 Å². The summed E-state index contributed by atoms with van der Waals surface area (Å²) >= 11 is 0. The number of carbonyl (C=O) groups excluding carboxylic acids is 1. The number of benzene rings is 1. The Morgan fingerprint density at radius 3 is 2.52 bits per heavy atom. The minimum Gasteiger partial charge on any atom is -0.480 e. The Morgan fingerprint density at radius 1 is 1.19 bits per heavy atom. The zero-order valence-corrected chi connectivity index (χ0v) is 16.0. The lowest BCUT2D eigenvalue weighted by Crippen LogP contribution is -2.49. The first-order chi connectivity index (χ1) is 12.8. The number of hydrogen-bond donors (Lipinski definition) is 2. The van der Waals surface area contributed by atoms with Gasteiger partial charge in [-0.25, -0.2) is 17.5 Å². The van der Waals surface area contributed by atoms with Gasteiger partial charge in [-0.1, -0.05) is 43.2 Å². The summed E-state index contributed by atoms with van der Waals surface area (Å²) in [6, 6.07) is 8.06. The molecule has 1 aliphatic heterocycles. The van der Waals surface area contributed by atoms with Crippen molar-refractivity contribution in [3.05, 3.63) is 35.9 Å². The SMILES string of the molecule is O=C(NC(CC1CC1)C(=O)O)C1CCCN(S(=O)(=O)Cc2ccccc2)C1. The second-order valence-corrected chi connectivity index (χ2v) is 9.49. The lowest BCUT2D eigenvalue weighted by molar-refractivity contribution is -0.143. The van der Waals surface area contributed by atoms with Crippen LogP contribution in [0.2, 0.25) is 0 Å². The lowest BCUT2D eigenvalue weighted by Gasteiger charge is -2.31. The fourth-order valence-corrected chi connectivity index (χ4v) is 5.09. The van der Waals surface area contributed by atoms with E-state index >= 15 is 0 Å². The molecule has 2 atom stereocenters. The van der Waals surface area contributed by atoms with Crippen LogP contribution in [0.5, 0.6) is 0 Å². The van der Waals surface area contributed by atoms with Crippen molar-refractivity contribution in [1.29, 1.82) is 0 Å². The molecule has 1 aliphatic carbocycles. The average molecular weight is 394 g/mol. The molecule has 2 fully saturated rings. The van der Waals surface area contributed by atoms with E-state index in [-0.39, 0.29) is 18.2 Å². The van der Waals surface area contributed by atoms with Crippen LogP contribution in [-0.2, 0) is 25.4 Å². The van der Waals surface area contributed by atoms with Gasteiger partial charge in [0.05, 0.1) is 11.7 Å². The highest BCUT2D eigenvalue weighted by atomic mass is 32.2. The molecular weight excluding hydrogens is 368 g/mol. The standard InChI is InChI=1S/C19H26N2O5S/c22-18(20-17(19(23)24)11-14-8-9-14)16-7-4-10-21(12-16)27(25,26)13-15-5-2-1-3-6-15/h1-3,5-6,14,16-17H,4,7-13H2,(H,20,22)(H,23,24). The molecular formula is C19H26N2O5S. The van der Waals surface area contributed by atoms with Crippen molar-refractivity contribution < 1.29 is 23.1 Å². The van der Waals surface area contributed by atoms with E-state index in [1.165, 1.54) is 4.31 Å². The fourth-order valence-electron chi connectivity index (χ4n) is 3.48. The van der Waals surface area contributed by atoms with Crippen LogP contribution in [0.25, 0.3) is 0 Å². The highest BCUT2D eigenvalue weighted by molar-refractivity contribution is 7.88. The maximum Gasteiger partial charge on any atom is 0.326 e. The van der Waals surface area contributed by atoms with Gasteiger partial charge in [-0.05, 0) is 30.7 Å². The Kier molecular flexibility index (Phi) is 6.16. The second-order valence-electron chi connectivity index (χ2n) is 7.52. The number of aliphatic carboxylic acids is 1. The molecule has 148 valence electrons. The fraction of sp³-hybridized carbons (Fsp3) is 0.579. The molecule has 1 heterocycles. The molecule has 0 radical (unpaired) electrons. The first-order valence-corrected chi connectivity index (χ1v) is 11.0. The molecule has 3 rings (SSSR count). The number of carboxylic acids is 1. The number of nitrogens with one attached hydrogen (secondary N) is 1. The molecule has 1 aromatic rings. The molecule has 0 spiro atoms. The Labute approximate surface area is 159 Å². The highest BCUT2D eigenvalue weighted by Crippen LogP contribution is 2.33. The maximum atomic E-state index is 12.7. The van der Waals surface area contributed by atoms with Crippen molar-refractivity contribution in [2.24, 2.45) is 11.8 Å². The third-order valence-electron chi connectivity index (χ3n) is 5.22. The molecule has 2 unspecified atom stereocenters. The van der Waals surface area contributed by atoms with Crippen LogP contribution in [0.15, 0.2) is 30.3 Å². The molecule has 8 heteroatoms. The first kappa shape index (κ1) is 19.8. The van der Waals surface area contributed by atoms with Gasteiger partial charge in [0.1, 0.15) is 6.04 Å². The van der Waals surface area contributed by atoms with Crippen LogP contribution in [0.3, 0.4) is 0 Å². The summed E-state index contributed by atoms with van der Waals surface area (Å²) in [6.07, 6.45) is 3.62. The minimum atomic E-state index is -3.52. The molecule has 2 N–H and O–H groups in total. The van der Waals surface area contributed by atoms with E-state index in [2.05, 4.69) is 5.32 Å². The summed E-state index contributed by atoms with van der Waals surface area (Å²) in [5, 5.41) is 11.9. The molecule has 2 aliphatic rings. The zero-order valence-electron chi connectivity index (χ0n) is 15.2. The largest absolute Gasteiger partial charge is 0.480 e. The quantitative estimate of drug-likeness (QED) is 0.697. The molecule has 27 heavy (non-hydrogen) atoms. The first-order valence-electron chi connectivity index (χ1n) is 9.40. The zero-order chi connectivity index (χ0) is 19.4. The molecule has 1 aromatic carbocycles. The molecule has 1 saturated heterocycles.